The standard InChI is InChI=1S/C12H11IN2O2/c1-17-10(8-5-3-2-4-6-8)11-14-7-9(13)12(16)15-11/h2-7,10H,1H3,(H,14,15,16). The minimum absolute atomic E-state index is 0.145. The number of aromatic nitrogens is 2. The molecule has 1 heterocycles. The quantitative estimate of drug-likeness (QED) is 0.870. The maximum Gasteiger partial charge on any atom is 0.264 e. The van der Waals surface area contributed by atoms with Crippen molar-refractivity contribution in [3.8, 4) is 0 Å². The van der Waals surface area contributed by atoms with E-state index >= 15 is 0 Å². The van der Waals surface area contributed by atoms with E-state index in [4.69, 9.17) is 4.74 Å². The van der Waals surface area contributed by atoms with Crippen molar-refractivity contribution < 1.29 is 4.74 Å². The van der Waals surface area contributed by atoms with Crippen molar-refractivity contribution in [1.82, 2.24) is 9.97 Å². The van der Waals surface area contributed by atoms with Gasteiger partial charge in [0.2, 0.25) is 0 Å². The molecule has 1 atom stereocenters. The number of hydrogen-bond donors (Lipinski definition) is 1. The first-order chi connectivity index (χ1) is 8.22. The molecule has 17 heavy (non-hydrogen) atoms. The van der Waals surface area contributed by atoms with E-state index in [2.05, 4.69) is 9.97 Å². The molecule has 2 rings (SSSR count). The summed E-state index contributed by atoms with van der Waals surface area (Å²) in [5, 5.41) is 0. The molecule has 0 radical (unpaired) electrons. The van der Waals surface area contributed by atoms with Crippen molar-refractivity contribution in [3.05, 3.63) is 61.8 Å². The number of methoxy groups -OCH3 is 1. The molecule has 0 saturated heterocycles. The highest BCUT2D eigenvalue weighted by molar-refractivity contribution is 14.1. The molecule has 1 unspecified atom stereocenters. The third-order valence-corrected chi connectivity index (χ3v) is 3.13. The molecule has 0 aliphatic heterocycles. The Kier molecular flexibility index (Phi) is 3.90. The predicted octanol–water partition coefficient (Wildman–Crippen LogP) is 2.11. The fourth-order valence-corrected chi connectivity index (χ4v) is 1.83. The first-order valence-electron chi connectivity index (χ1n) is 5.05. The van der Waals surface area contributed by atoms with Crippen molar-refractivity contribution in [2.75, 3.05) is 7.11 Å². The van der Waals surface area contributed by atoms with Gasteiger partial charge in [0.1, 0.15) is 11.9 Å². The van der Waals surface area contributed by atoms with Gasteiger partial charge in [0, 0.05) is 13.3 Å². The van der Waals surface area contributed by atoms with Gasteiger partial charge in [0.25, 0.3) is 5.56 Å². The van der Waals surface area contributed by atoms with E-state index in [1.54, 1.807) is 13.3 Å². The molecule has 0 aliphatic rings. The molecule has 88 valence electrons. The summed E-state index contributed by atoms with van der Waals surface area (Å²) in [4.78, 5) is 18.5. The fourth-order valence-electron chi connectivity index (χ4n) is 1.56. The van der Waals surface area contributed by atoms with Gasteiger partial charge in [-0.3, -0.25) is 4.79 Å². The Morgan fingerprint density at radius 3 is 2.65 bits per heavy atom. The summed E-state index contributed by atoms with van der Waals surface area (Å²) >= 11 is 1.94. The van der Waals surface area contributed by atoms with E-state index in [-0.39, 0.29) is 11.7 Å². The van der Waals surface area contributed by atoms with Crippen LogP contribution in [0.1, 0.15) is 17.5 Å². The number of nitrogens with zero attached hydrogens (tertiary/aromatic N) is 1. The van der Waals surface area contributed by atoms with Gasteiger partial charge in [-0.2, -0.15) is 0 Å². The average molecular weight is 342 g/mol. The van der Waals surface area contributed by atoms with Gasteiger partial charge in [-0.05, 0) is 28.2 Å². The number of ether oxygens (including phenoxy) is 1. The lowest BCUT2D eigenvalue weighted by Crippen LogP contribution is -2.17. The monoisotopic (exact) mass is 342 g/mol. The normalized spacial score (nSPS) is 12.4. The Balaban J connectivity index is 2.43. The zero-order chi connectivity index (χ0) is 12.3. The SMILES string of the molecule is COC(c1ccccc1)c1ncc(I)c(=O)[nH]1. The smallest absolute Gasteiger partial charge is 0.264 e. The summed E-state index contributed by atoms with van der Waals surface area (Å²) in [5.74, 6) is 0.518. The van der Waals surface area contributed by atoms with Crippen LogP contribution < -0.4 is 5.56 Å². The maximum atomic E-state index is 11.5. The van der Waals surface area contributed by atoms with Gasteiger partial charge in [-0.1, -0.05) is 30.3 Å². The Bertz CT molecular complexity index is 554. The Labute approximate surface area is 112 Å². The van der Waals surface area contributed by atoms with E-state index < -0.39 is 0 Å². The third kappa shape index (κ3) is 2.73. The number of hydrogen-bond acceptors (Lipinski definition) is 3. The van der Waals surface area contributed by atoms with Crippen LogP contribution in [0, 0.1) is 3.57 Å². The average Bonchev–Trinajstić information content (AvgIpc) is 2.36. The minimum Gasteiger partial charge on any atom is -0.369 e. The number of rotatable bonds is 3. The van der Waals surface area contributed by atoms with Crippen LogP contribution in [0.4, 0.5) is 0 Å². The number of nitrogens with one attached hydrogen (secondary N) is 1. The molecule has 0 spiro atoms. The number of H-pyrrole nitrogens is 1. The molecule has 0 aliphatic carbocycles. The molecule has 4 nitrogen and oxygen atoms in total. The molecule has 2 aromatic rings. The van der Waals surface area contributed by atoms with Crippen LogP contribution in [0.25, 0.3) is 0 Å². The molecule has 1 aromatic carbocycles. The molecule has 0 fully saturated rings. The van der Waals surface area contributed by atoms with Gasteiger partial charge in [0.15, 0.2) is 0 Å². The van der Waals surface area contributed by atoms with Crippen LogP contribution in [0.2, 0.25) is 0 Å². The molecular formula is C12H11IN2O2. The minimum atomic E-state index is -0.346. The van der Waals surface area contributed by atoms with Gasteiger partial charge in [0.05, 0.1) is 3.57 Å². The second-order valence-electron chi connectivity index (χ2n) is 3.47. The highest BCUT2D eigenvalue weighted by atomic mass is 127. The fraction of sp³-hybridized carbons (Fsp3) is 0.167. The Morgan fingerprint density at radius 1 is 1.35 bits per heavy atom. The zero-order valence-electron chi connectivity index (χ0n) is 9.18. The first-order valence-corrected chi connectivity index (χ1v) is 6.12. The summed E-state index contributed by atoms with van der Waals surface area (Å²) in [6.45, 7) is 0. The van der Waals surface area contributed by atoms with Gasteiger partial charge < -0.3 is 9.72 Å². The lowest BCUT2D eigenvalue weighted by molar-refractivity contribution is 0.128. The van der Waals surface area contributed by atoms with Crippen molar-refractivity contribution in [1.29, 1.82) is 0 Å². The highest BCUT2D eigenvalue weighted by Gasteiger charge is 2.15. The van der Waals surface area contributed by atoms with Crippen LogP contribution in [-0.4, -0.2) is 17.1 Å². The molecule has 0 saturated carbocycles. The first kappa shape index (κ1) is 12.3. The summed E-state index contributed by atoms with van der Waals surface area (Å²) in [6.07, 6.45) is 1.20. The van der Waals surface area contributed by atoms with Gasteiger partial charge in [-0.15, -0.1) is 0 Å². The molecule has 1 N–H and O–H groups in total. The lowest BCUT2D eigenvalue weighted by atomic mass is 10.1. The van der Waals surface area contributed by atoms with E-state index in [1.807, 2.05) is 52.9 Å². The van der Waals surface area contributed by atoms with Crippen molar-refractivity contribution in [2.24, 2.45) is 0 Å². The van der Waals surface area contributed by atoms with Crippen molar-refractivity contribution >= 4 is 22.6 Å². The maximum absolute atomic E-state index is 11.5. The lowest BCUT2D eigenvalue weighted by Gasteiger charge is -2.14. The summed E-state index contributed by atoms with van der Waals surface area (Å²) in [6, 6.07) is 9.65. The number of aromatic amines is 1. The van der Waals surface area contributed by atoms with Gasteiger partial charge in [-0.25, -0.2) is 4.98 Å². The second kappa shape index (κ2) is 5.42. The topological polar surface area (TPSA) is 55.0 Å². The Hall–Kier alpha value is -1.21. The Morgan fingerprint density at radius 2 is 2.06 bits per heavy atom. The molecule has 5 heteroatoms. The zero-order valence-corrected chi connectivity index (χ0v) is 11.3. The highest BCUT2D eigenvalue weighted by Crippen LogP contribution is 2.21. The van der Waals surface area contributed by atoms with Crippen LogP contribution in [0.15, 0.2) is 41.3 Å². The molecule has 0 amide bonds. The van der Waals surface area contributed by atoms with Crippen LogP contribution >= 0.6 is 22.6 Å². The van der Waals surface area contributed by atoms with Crippen molar-refractivity contribution in [3.63, 3.8) is 0 Å². The van der Waals surface area contributed by atoms with Crippen LogP contribution in [0.3, 0.4) is 0 Å². The van der Waals surface area contributed by atoms with Crippen LogP contribution in [-0.2, 0) is 4.74 Å². The molecule has 1 aromatic heterocycles. The van der Waals surface area contributed by atoms with E-state index in [9.17, 15) is 4.79 Å². The molecular weight excluding hydrogens is 331 g/mol. The van der Waals surface area contributed by atoms with E-state index in [1.165, 1.54) is 0 Å². The second-order valence-corrected chi connectivity index (χ2v) is 4.63. The summed E-state index contributed by atoms with van der Waals surface area (Å²) < 4.78 is 5.95. The molecule has 0 bridgehead atoms. The van der Waals surface area contributed by atoms with Gasteiger partial charge >= 0.3 is 0 Å². The number of benzene rings is 1. The summed E-state index contributed by atoms with van der Waals surface area (Å²) in [5.41, 5.74) is 0.813. The predicted molar refractivity (Wildman–Crippen MR) is 72.9 cm³/mol. The van der Waals surface area contributed by atoms with E-state index in [0.29, 0.717) is 9.39 Å². The van der Waals surface area contributed by atoms with Crippen molar-refractivity contribution in [2.45, 2.75) is 6.10 Å². The largest absolute Gasteiger partial charge is 0.369 e. The summed E-state index contributed by atoms with van der Waals surface area (Å²) in [7, 11) is 1.59. The number of halogens is 1. The van der Waals surface area contributed by atoms with E-state index in [0.717, 1.165) is 5.56 Å². The third-order valence-electron chi connectivity index (χ3n) is 2.36. The van der Waals surface area contributed by atoms with Crippen LogP contribution in [0.5, 0.6) is 0 Å².